The predicted octanol–water partition coefficient (Wildman–Crippen LogP) is 1.81. The molecule has 0 aliphatic rings. The van der Waals surface area contributed by atoms with E-state index < -0.39 is 45.3 Å². The molecule has 0 radical (unpaired) electrons. The maximum Gasteiger partial charge on any atom is 0.345 e. The number of halogens is 3. The highest BCUT2D eigenvalue weighted by Gasteiger charge is 2.36. The van der Waals surface area contributed by atoms with Crippen LogP contribution in [0.5, 0.6) is 5.75 Å². The number of carbonyl (C=O) groups excluding carboxylic acids is 1. The Kier molecular flexibility index (Phi) is 3.74. The normalized spacial score (nSPS) is 10.1. The first-order valence-electron chi connectivity index (χ1n) is 4.33. The zero-order valence-corrected chi connectivity index (χ0v) is 9.12. The van der Waals surface area contributed by atoms with Crippen LogP contribution in [-0.4, -0.2) is 25.1 Å². The van der Waals surface area contributed by atoms with Gasteiger partial charge in [-0.2, -0.15) is 13.2 Å². The van der Waals surface area contributed by atoms with E-state index in [-0.39, 0.29) is 0 Å². The number of carbonyl (C=O) groups is 1. The summed E-state index contributed by atoms with van der Waals surface area (Å²) in [5.74, 6) is -8.27. The molecule has 1 rings (SSSR count). The molecular formula is C9H6F3NO5. The van der Waals surface area contributed by atoms with Gasteiger partial charge in [-0.3, -0.25) is 10.1 Å². The van der Waals surface area contributed by atoms with Gasteiger partial charge < -0.3 is 9.47 Å². The smallest absolute Gasteiger partial charge is 0.345 e. The van der Waals surface area contributed by atoms with Gasteiger partial charge in [0, 0.05) is 0 Å². The molecule has 1 aromatic rings. The number of nitro benzene ring substituents is 1. The molecule has 0 aliphatic heterocycles. The van der Waals surface area contributed by atoms with Crippen molar-refractivity contribution in [3.63, 3.8) is 0 Å². The summed E-state index contributed by atoms with van der Waals surface area (Å²) in [4.78, 5) is 20.1. The Morgan fingerprint density at radius 2 is 1.72 bits per heavy atom. The average Bonchev–Trinajstić information content (AvgIpc) is 2.32. The summed E-state index contributed by atoms with van der Waals surface area (Å²) in [6.07, 6.45) is 0. The van der Waals surface area contributed by atoms with Gasteiger partial charge in [-0.15, -0.1) is 0 Å². The first-order valence-corrected chi connectivity index (χ1v) is 4.33. The number of rotatable bonds is 3. The van der Waals surface area contributed by atoms with E-state index in [2.05, 4.69) is 9.47 Å². The minimum Gasteiger partial charge on any atom is -0.493 e. The van der Waals surface area contributed by atoms with Crippen LogP contribution >= 0.6 is 0 Å². The Morgan fingerprint density at radius 1 is 1.17 bits per heavy atom. The van der Waals surface area contributed by atoms with Gasteiger partial charge in [-0.1, -0.05) is 0 Å². The zero-order chi connectivity index (χ0) is 14.0. The van der Waals surface area contributed by atoms with Gasteiger partial charge in [0.1, 0.15) is 5.56 Å². The summed E-state index contributed by atoms with van der Waals surface area (Å²) < 4.78 is 48.7. The lowest BCUT2D eigenvalue weighted by Gasteiger charge is -2.09. The molecule has 0 aromatic heterocycles. The van der Waals surface area contributed by atoms with Gasteiger partial charge in [0.25, 0.3) is 0 Å². The molecule has 98 valence electrons. The first kappa shape index (κ1) is 13.7. The quantitative estimate of drug-likeness (QED) is 0.360. The predicted molar refractivity (Wildman–Crippen MR) is 50.9 cm³/mol. The summed E-state index contributed by atoms with van der Waals surface area (Å²) in [7, 11) is 1.68. The second-order valence-electron chi connectivity index (χ2n) is 2.95. The van der Waals surface area contributed by atoms with Gasteiger partial charge in [0.05, 0.1) is 19.1 Å². The molecule has 0 heterocycles. The summed E-state index contributed by atoms with van der Waals surface area (Å²) in [6, 6.07) is 0. The van der Waals surface area contributed by atoms with Crippen LogP contribution in [0.25, 0.3) is 0 Å². The van der Waals surface area contributed by atoms with Gasteiger partial charge in [-0.25, -0.2) is 4.79 Å². The van der Waals surface area contributed by atoms with Crippen LogP contribution in [0.3, 0.4) is 0 Å². The SMILES string of the molecule is COC(=O)c1c(F)c([N+](=O)[O-])c(F)c(F)c1OC. The van der Waals surface area contributed by atoms with E-state index in [1.54, 1.807) is 0 Å². The lowest BCUT2D eigenvalue weighted by atomic mass is 10.1. The van der Waals surface area contributed by atoms with Crippen LogP contribution < -0.4 is 4.74 Å². The van der Waals surface area contributed by atoms with E-state index in [4.69, 9.17) is 0 Å². The van der Waals surface area contributed by atoms with E-state index in [1.807, 2.05) is 0 Å². The lowest BCUT2D eigenvalue weighted by molar-refractivity contribution is -0.390. The molecule has 6 nitrogen and oxygen atoms in total. The van der Waals surface area contributed by atoms with E-state index in [0.717, 1.165) is 14.2 Å². The van der Waals surface area contributed by atoms with Gasteiger partial charge in [0.2, 0.25) is 17.5 Å². The van der Waals surface area contributed by atoms with Crippen molar-refractivity contribution in [2.75, 3.05) is 14.2 Å². The van der Waals surface area contributed by atoms with Crippen LogP contribution in [0.4, 0.5) is 18.9 Å². The fraction of sp³-hybridized carbons (Fsp3) is 0.222. The van der Waals surface area contributed by atoms with E-state index in [9.17, 15) is 28.1 Å². The topological polar surface area (TPSA) is 78.7 Å². The van der Waals surface area contributed by atoms with Crippen molar-refractivity contribution >= 4 is 11.7 Å². The molecule has 9 heteroatoms. The molecule has 18 heavy (non-hydrogen) atoms. The Bertz CT molecular complexity index is 532. The maximum atomic E-state index is 13.6. The first-order chi connectivity index (χ1) is 8.36. The Morgan fingerprint density at radius 3 is 2.11 bits per heavy atom. The van der Waals surface area contributed by atoms with E-state index in [0.29, 0.717) is 0 Å². The van der Waals surface area contributed by atoms with Crippen LogP contribution in [-0.2, 0) is 4.74 Å². The molecule has 0 saturated carbocycles. The molecule has 0 spiro atoms. The minimum absolute atomic E-state index is 0.842. The van der Waals surface area contributed by atoms with Crippen LogP contribution in [0, 0.1) is 27.6 Å². The van der Waals surface area contributed by atoms with Crippen LogP contribution in [0.2, 0.25) is 0 Å². The van der Waals surface area contributed by atoms with E-state index >= 15 is 0 Å². The molecule has 0 fully saturated rings. The maximum absolute atomic E-state index is 13.6. The molecular weight excluding hydrogens is 259 g/mol. The summed E-state index contributed by atoms with van der Waals surface area (Å²) in [5.41, 5.74) is -2.96. The molecule has 0 saturated heterocycles. The number of nitro groups is 1. The van der Waals surface area contributed by atoms with Gasteiger partial charge in [0.15, 0.2) is 5.75 Å². The van der Waals surface area contributed by atoms with Crippen LogP contribution in [0.1, 0.15) is 10.4 Å². The molecule has 0 unspecified atom stereocenters. The van der Waals surface area contributed by atoms with Crippen LogP contribution in [0.15, 0.2) is 0 Å². The summed E-state index contributed by atoms with van der Waals surface area (Å²) in [5, 5.41) is 10.4. The third kappa shape index (κ3) is 1.94. The molecule has 0 bridgehead atoms. The van der Waals surface area contributed by atoms with Gasteiger partial charge in [-0.05, 0) is 0 Å². The van der Waals surface area contributed by atoms with Crippen molar-refractivity contribution in [2.45, 2.75) is 0 Å². The molecule has 0 amide bonds. The largest absolute Gasteiger partial charge is 0.493 e. The minimum atomic E-state index is -2.05. The molecule has 1 aromatic carbocycles. The summed E-state index contributed by atoms with van der Waals surface area (Å²) in [6.45, 7) is 0. The van der Waals surface area contributed by atoms with Crippen molar-refractivity contribution in [2.24, 2.45) is 0 Å². The third-order valence-electron chi connectivity index (χ3n) is 2.03. The molecule has 0 N–H and O–H groups in total. The Hall–Kier alpha value is -2.32. The lowest BCUT2D eigenvalue weighted by Crippen LogP contribution is -2.13. The van der Waals surface area contributed by atoms with Crippen molar-refractivity contribution < 1.29 is 32.4 Å². The number of benzene rings is 1. The number of methoxy groups -OCH3 is 2. The fourth-order valence-corrected chi connectivity index (χ4v) is 1.26. The van der Waals surface area contributed by atoms with Crippen molar-refractivity contribution in [3.05, 3.63) is 33.1 Å². The average molecular weight is 265 g/mol. The van der Waals surface area contributed by atoms with Gasteiger partial charge >= 0.3 is 11.7 Å². The monoisotopic (exact) mass is 265 g/mol. The second-order valence-corrected chi connectivity index (χ2v) is 2.95. The number of ether oxygens (including phenoxy) is 2. The summed E-state index contributed by atoms with van der Waals surface area (Å²) >= 11 is 0. The highest BCUT2D eigenvalue weighted by atomic mass is 19.2. The van der Waals surface area contributed by atoms with Crippen molar-refractivity contribution in [1.82, 2.24) is 0 Å². The fourth-order valence-electron chi connectivity index (χ4n) is 1.26. The molecule has 0 aliphatic carbocycles. The highest BCUT2D eigenvalue weighted by Crippen LogP contribution is 2.35. The second kappa shape index (κ2) is 4.90. The highest BCUT2D eigenvalue weighted by molar-refractivity contribution is 5.93. The molecule has 0 atom stereocenters. The third-order valence-corrected chi connectivity index (χ3v) is 2.03. The number of hydrogen-bond acceptors (Lipinski definition) is 5. The van der Waals surface area contributed by atoms with Crippen molar-refractivity contribution in [1.29, 1.82) is 0 Å². The standard InChI is InChI=1S/C9H6F3NO5/c1-17-8-3(9(14)18-2)4(10)7(13(15)16)5(11)6(8)12/h1-2H3. The van der Waals surface area contributed by atoms with Crippen molar-refractivity contribution in [3.8, 4) is 5.75 Å². The van der Waals surface area contributed by atoms with E-state index in [1.165, 1.54) is 0 Å². The number of esters is 1. The number of hydrogen-bond donors (Lipinski definition) is 0. The number of nitrogens with zero attached hydrogens (tertiary/aromatic N) is 1. The Labute approximate surface area is 98.1 Å². The Balaban J connectivity index is 3.78. The zero-order valence-electron chi connectivity index (χ0n) is 9.12.